The topological polar surface area (TPSA) is 60.9 Å². The average Bonchev–Trinajstić information content (AvgIpc) is 3.06. The quantitative estimate of drug-likeness (QED) is 0.867. The molecule has 0 spiro atoms. The largest absolute Gasteiger partial charge is 0.378 e. The molecule has 1 saturated heterocycles. The van der Waals surface area contributed by atoms with Crippen LogP contribution in [0.1, 0.15) is 26.2 Å². The first kappa shape index (κ1) is 18.8. The van der Waals surface area contributed by atoms with Gasteiger partial charge in [0, 0.05) is 41.6 Å². The first-order valence-electron chi connectivity index (χ1n) is 8.14. The molecule has 2 aromatic rings. The highest BCUT2D eigenvalue weighted by molar-refractivity contribution is 7.13. The van der Waals surface area contributed by atoms with Crippen molar-refractivity contribution in [3.05, 3.63) is 56.5 Å². The van der Waals surface area contributed by atoms with Gasteiger partial charge in [-0.2, -0.15) is 0 Å². The Kier molecular flexibility index (Phi) is 5.60. The summed E-state index contributed by atoms with van der Waals surface area (Å²) in [6.07, 6.45) is -1.59. The lowest BCUT2D eigenvalue weighted by molar-refractivity contribution is -0.142. The molecule has 0 saturated carbocycles. The third-order valence-electron chi connectivity index (χ3n) is 4.32. The van der Waals surface area contributed by atoms with Crippen molar-refractivity contribution in [2.45, 2.75) is 13.0 Å². The van der Waals surface area contributed by atoms with E-state index in [9.17, 15) is 19.1 Å². The molecule has 2 heterocycles. The molecule has 0 radical (unpaired) electrons. The van der Waals surface area contributed by atoms with E-state index in [-0.39, 0.29) is 16.5 Å². The molecule has 2 amide bonds. The molecule has 3 rings (SSSR count). The average molecular weight is 397 g/mol. The molecular weight excluding hydrogens is 379 g/mol. The van der Waals surface area contributed by atoms with Gasteiger partial charge in [-0.05, 0) is 31.2 Å². The van der Waals surface area contributed by atoms with E-state index in [0.717, 1.165) is 10.9 Å². The highest BCUT2D eigenvalue weighted by Gasteiger charge is 2.30. The second kappa shape index (κ2) is 7.73. The van der Waals surface area contributed by atoms with Gasteiger partial charge in [-0.15, -0.1) is 11.3 Å². The van der Waals surface area contributed by atoms with Crippen LogP contribution in [-0.4, -0.2) is 52.9 Å². The van der Waals surface area contributed by atoms with Crippen molar-refractivity contribution in [1.82, 2.24) is 9.80 Å². The summed E-state index contributed by atoms with van der Waals surface area (Å²) < 4.78 is 13.9. The molecule has 1 fully saturated rings. The minimum atomic E-state index is -1.59. The van der Waals surface area contributed by atoms with E-state index in [1.807, 2.05) is 13.0 Å². The van der Waals surface area contributed by atoms with Crippen LogP contribution >= 0.6 is 22.9 Å². The minimum Gasteiger partial charge on any atom is -0.378 e. The number of carbonyl (C=O) groups excluding carboxylic acids is 2. The van der Waals surface area contributed by atoms with Gasteiger partial charge in [-0.25, -0.2) is 4.39 Å². The summed E-state index contributed by atoms with van der Waals surface area (Å²) in [5.41, 5.74) is -0.105. The van der Waals surface area contributed by atoms with Crippen molar-refractivity contribution >= 4 is 34.8 Å². The molecule has 1 aromatic carbocycles. The number of piperazine rings is 1. The van der Waals surface area contributed by atoms with Gasteiger partial charge in [0.2, 0.25) is 0 Å². The smallest absolute Gasteiger partial charge is 0.264 e. The minimum absolute atomic E-state index is 0.0560. The van der Waals surface area contributed by atoms with Gasteiger partial charge in [-0.1, -0.05) is 17.7 Å². The number of benzene rings is 1. The van der Waals surface area contributed by atoms with Gasteiger partial charge in [0.15, 0.2) is 6.10 Å². The number of halogens is 2. The number of rotatable bonds is 3. The second-order valence-electron chi connectivity index (χ2n) is 6.10. The predicted octanol–water partition coefficient (Wildman–Crippen LogP) is 2.87. The van der Waals surface area contributed by atoms with Crippen molar-refractivity contribution < 1.29 is 19.1 Å². The molecule has 1 unspecified atom stereocenters. The number of aliphatic hydroxyl groups is 1. The molecule has 138 valence electrons. The SMILES string of the molecule is Cc1ccc(C(=O)N2CCN(C(=O)C(O)c3ccc(Cl)cc3F)CC2)s1. The van der Waals surface area contributed by atoms with Gasteiger partial charge in [-0.3, -0.25) is 9.59 Å². The normalized spacial score (nSPS) is 15.8. The van der Waals surface area contributed by atoms with E-state index in [2.05, 4.69) is 0 Å². The van der Waals surface area contributed by atoms with Crippen molar-refractivity contribution in [2.75, 3.05) is 26.2 Å². The highest BCUT2D eigenvalue weighted by Crippen LogP contribution is 2.23. The Hall–Kier alpha value is -1.96. The lowest BCUT2D eigenvalue weighted by Crippen LogP contribution is -2.51. The first-order chi connectivity index (χ1) is 12.4. The van der Waals surface area contributed by atoms with E-state index < -0.39 is 17.8 Å². The number of amides is 2. The summed E-state index contributed by atoms with van der Waals surface area (Å²) in [4.78, 5) is 29.8. The number of thiophene rings is 1. The van der Waals surface area contributed by atoms with Crippen molar-refractivity contribution in [3.63, 3.8) is 0 Å². The third kappa shape index (κ3) is 3.90. The summed E-state index contributed by atoms with van der Waals surface area (Å²) in [5.74, 6) is -1.36. The zero-order chi connectivity index (χ0) is 18.8. The van der Waals surface area contributed by atoms with Gasteiger partial charge in [0.25, 0.3) is 11.8 Å². The Labute approximate surface area is 159 Å². The van der Waals surface area contributed by atoms with Crippen LogP contribution in [0.25, 0.3) is 0 Å². The maximum Gasteiger partial charge on any atom is 0.264 e. The Balaban J connectivity index is 1.62. The van der Waals surface area contributed by atoms with Crippen LogP contribution in [0.15, 0.2) is 30.3 Å². The van der Waals surface area contributed by atoms with Crippen LogP contribution in [-0.2, 0) is 4.79 Å². The predicted molar refractivity (Wildman–Crippen MR) is 97.9 cm³/mol. The van der Waals surface area contributed by atoms with Crippen molar-refractivity contribution in [1.29, 1.82) is 0 Å². The Morgan fingerprint density at radius 2 is 1.81 bits per heavy atom. The number of hydrogen-bond acceptors (Lipinski definition) is 4. The molecule has 1 aromatic heterocycles. The molecule has 0 aliphatic carbocycles. The number of hydrogen-bond donors (Lipinski definition) is 1. The van der Waals surface area contributed by atoms with Gasteiger partial charge in [0.05, 0.1) is 4.88 Å². The fraction of sp³-hybridized carbons (Fsp3) is 0.333. The van der Waals surface area contributed by atoms with E-state index in [4.69, 9.17) is 11.6 Å². The number of aliphatic hydroxyl groups excluding tert-OH is 1. The third-order valence-corrected chi connectivity index (χ3v) is 5.54. The van der Waals surface area contributed by atoms with Gasteiger partial charge < -0.3 is 14.9 Å². The molecule has 1 N–H and O–H groups in total. The van der Waals surface area contributed by atoms with Crippen LogP contribution in [0.4, 0.5) is 4.39 Å². The number of aryl methyl sites for hydroxylation is 1. The fourth-order valence-electron chi connectivity index (χ4n) is 2.86. The van der Waals surface area contributed by atoms with Crippen LogP contribution in [0, 0.1) is 12.7 Å². The number of nitrogens with zero attached hydrogens (tertiary/aromatic N) is 2. The Morgan fingerprint density at radius 1 is 1.15 bits per heavy atom. The fourth-order valence-corrected chi connectivity index (χ4v) is 3.86. The summed E-state index contributed by atoms with van der Waals surface area (Å²) in [5, 5.41) is 10.4. The van der Waals surface area contributed by atoms with Crippen molar-refractivity contribution in [3.8, 4) is 0 Å². The zero-order valence-corrected chi connectivity index (χ0v) is 15.7. The first-order valence-corrected chi connectivity index (χ1v) is 9.34. The maximum absolute atomic E-state index is 13.9. The molecule has 1 aliphatic heterocycles. The van der Waals surface area contributed by atoms with Gasteiger partial charge in [0.1, 0.15) is 5.82 Å². The van der Waals surface area contributed by atoms with E-state index in [0.29, 0.717) is 31.1 Å². The van der Waals surface area contributed by atoms with Crippen LogP contribution in [0.5, 0.6) is 0 Å². The van der Waals surface area contributed by atoms with E-state index >= 15 is 0 Å². The lowest BCUT2D eigenvalue weighted by atomic mass is 10.1. The molecule has 8 heteroatoms. The summed E-state index contributed by atoms with van der Waals surface area (Å²) in [6, 6.07) is 7.49. The number of carbonyl (C=O) groups is 2. The van der Waals surface area contributed by atoms with E-state index in [1.165, 1.54) is 28.4 Å². The standard InChI is InChI=1S/C18H18ClFN2O3S/c1-11-2-5-15(26-11)17(24)21-6-8-22(9-7-21)18(25)16(23)13-4-3-12(19)10-14(13)20/h2-5,10,16,23H,6-9H2,1H3. The van der Waals surface area contributed by atoms with Crippen LogP contribution in [0.3, 0.4) is 0 Å². The Bertz CT molecular complexity index is 834. The molecule has 1 atom stereocenters. The summed E-state index contributed by atoms with van der Waals surface area (Å²) in [6.45, 7) is 3.27. The monoisotopic (exact) mass is 396 g/mol. The second-order valence-corrected chi connectivity index (χ2v) is 7.82. The summed E-state index contributed by atoms with van der Waals surface area (Å²) >= 11 is 7.13. The molecule has 0 bridgehead atoms. The van der Waals surface area contributed by atoms with Crippen LogP contribution < -0.4 is 0 Å². The maximum atomic E-state index is 13.9. The summed E-state index contributed by atoms with van der Waals surface area (Å²) in [7, 11) is 0. The van der Waals surface area contributed by atoms with Gasteiger partial charge >= 0.3 is 0 Å². The molecule has 1 aliphatic rings. The van der Waals surface area contributed by atoms with E-state index in [1.54, 1.807) is 11.0 Å². The zero-order valence-electron chi connectivity index (χ0n) is 14.1. The lowest BCUT2D eigenvalue weighted by Gasteiger charge is -2.35. The van der Waals surface area contributed by atoms with Crippen LogP contribution in [0.2, 0.25) is 5.02 Å². The molecular formula is C18H18ClFN2O3S. The molecule has 26 heavy (non-hydrogen) atoms. The molecule has 5 nitrogen and oxygen atoms in total. The van der Waals surface area contributed by atoms with Crippen molar-refractivity contribution in [2.24, 2.45) is 0 Å². The highest BCUT2D eigenvalue weighted by atomic mass is 35.5. The Morgan fingerprint density at radius 3 is 2.38 bits per heavy atom.